The van der Waals surface area contributed by atoms with Crippen molar-refractivity contribution in [2.24, 2.45) is 17.8 Å². The third kappa shape index (κ3) is 3.52. The number of carbonyl (C=O) groups excluding carboxylic acids is 4. The summed E-state index contributed by atoms with van der Waals surface area (Å²) in [6.45, 7) is 1.26. The number of furan rings is 1. The molecule has 6 rings (SSSR count). The van der Waals surface area contributed by atoms with E-state index in [1.807, 2.05) is 6.08 Å². The van der Waals surface area contributed by atoms with Crippen molar-refractivity contribution >= 4 is 41.6 Å². The highest BCUT2D eigenvalue weighted by molar-refractivity contribution is 6.58. The van der Waals surface area contributed by atoms with E-state index in [2.05, 4.69) is 0 Å². The van der Waals surface area contributed by atoms with Crippen LogP contribution >= 0.6 is 0 Å². The molecule has 0 saturated carbocycles. The van der Waals surface area contributed by atoms with Gasteiger partial charge in [0.2, 0.25) is 11.8 Å². The molecule has 0 radical (unpaired) electrons. The van der Waals surface area contributed by atoms with E-state index < -0.39 is 42.6 Å². The van der Waals surface area contributed by atoms with Crippen LogP contribution in [0.1, 0.15) is 37.2 Å². The summed E-state index contributed by atoms with van der Waals surface area (Å²) < 4.78 is 5.86. The monoisotopic (exact) mass is 513 g/mol. The van der Waals surface area contributed by atoms with Crippen molar-refractivity contribution in [1.82, 2.24) is 0 Å². The Morgan fingerprint density at radius 1 is 1.05 bits per heavy atom. The highest BCUT2D eigenvalue weighted by Crippen LogP contribution is 2.55. The first-order valence-corrected chi connectivity index (χ1v) is 12.4. The second-order valence-electron chi connectivity index (χ2n) is 10.2. The molecule has 10 heteroatoms. The molecule has 0 spiro atoms. The van der Waals surface area contributed by atoms with Gasteiger partial charge in [-0.1, -0.05) is 23.8 Å². The molecule has 2 aromatic rings. The fraction of sp³-hybridized carbons (Fsp3) is 0.286. The third-order valence-corrected chi connectivity index (χ3v) is 8.11. The van der Waals surface area contributed by atoms with E-state index in [4.69, 9.17) is 4.42 Å². The number of hydrogen-bond acceptors (Lipinski definition) is 8. The van der Waals surface area contributed by atoms with Crippen LogP contribution in [0.4, 0.5) is 5.69 Å². The fourth-order valence-corrected chi connectivity index (χ4v) is 6.40. The van der Waals surface area contributed by atoms with Crippen molar-refractivity contribution in [3.05, 3.63) is 82.4 Å². The molecule has 1 saturated heterocycles. The average molecular weight is 513 g/mol. The number of fused-ring (bicyclic) bond motifs is 3. The van der Waals surface area contributed by atoms with E-state index in [0.717, 1.165) is 10.5 Å². The van der Waals surface area contributed by atoms with E-state index in [9.17, 15) is 34.3 Å². The minimum atomic E-state index is -1.76. The summed E-state index contributed by atoms with van der Waals surface area (Å²) in [7, 11) is -1.76. The molecular weight excluding hydrogens is 489 g/mol. The predicted molar refractivity (Wildman–Crippen MR) is 135 cm³/mol. The minimum absolute atomic E-state index is 0.142. The van der Waals surface area contributed by atoms with Crippen LogP contribution in [0.5, 0.6) is 0 Å². The molecule has 4 aliphatic rings. The Balaban J connectivity index is 1.45. The number of imide groups is 1. The van der Waals surface area contributed by atoms with Gasteiger partial charge in [0.1, 0.15) is 18.1 Å². The second kappa shape index (κ2) is 8.87. The lowest BCUT2D eigenvalue weighted by Gasteiger charge is -2.41. The van der Waals surface area contributed by atoms with Crippen molar-refractivity contribution in [2.75, 3.05) is 4.90 Å². The van der Waals surface area contributed by atoms with Crippen molar-refractivity contribution in [3.8, 4) is 0 Å². The van der Waals surface area contributed by atoms with E-state index in [1.165, 1.54) is 18.2 Å². The number of allylic oxidation sites excluding steroid dienone is 6. The molecule has 4 atom stereocenters. The molecule has 1 aromatic heterocycles. The van der Waals surface area contributed by atoms with E-state index in [1.54, 1.807) is 31.2 Å². The molecule has 1 fully saturated rings. The van der Waals surface area contributed by atoms with Gasteiger partial charge in [-0.25, -0.2) is 0 Å². The van der Waals surface area contributed by atoms with Crippen LogP contribution in [-0.2, 0) is 25.8 Å². The van der Waals surface area contributed by atoms with Crippen LogP contribution < -0.4 is 10.4 Å². The highest BCUT2D eigenvalue weighted by atomic mass is 16.4. The summed E-state index contributed by atoms with van der Waals surface area (Å²) in [5.41, 5.74) is 2.12. The Labute approximate surface area is 217 Å². The van der Waals surface area contributed by atoms with Gasteiger partial charge in [0.05, 0.1) is 23.4 Å². The molecule has 0 bridgehead atoms. The maximum atomic E-state index is 13.9. The normalized spacial score (nSPS) is 26.7. The van der Waals surface area contributed by atoms with Crippen molar-refractivity contribution in [2.45, 2.75) is 32.3 Å². The van der Waals surface area contributed by atoms with Crippen LogP contribution in [0, 0.1) is 17.8 Å². The number of Topliss-reactive ketones (excluding diaryl/α,β-unsaturated/α-hetero) is 1. The van der Waals surface area contributed by atoms with Gasteiger partial charge in [0.25, 0.3) is 0 Å². The standard InChI is InChI=1S/C28H24BNO8/c1-13-9-21(32)20-11-19-17(24(25(20)26(13)33)22-8-5-16(12-31)38-22)6-7-18-23(19)28(35)30(27(18)34)15-4-2-3-14(10-15)29(36)37/h2-6,8-10,18-19,23-24,31,36-37H,7,11-12H2,1H3. The zero-order valence-corrected chi connectivity index (χ0v) is 20.5. The number of hydrogen-bond donors (Lipinski definition) is 3. The quantitative estimate of drug-likeness (QED) is 0.239. The number of benzene rings is 1. The Morgan fingerprint density at radius 3 is 2.55 bits per heavy atom. The van der Waals surface area contributed by atoms with Crippen molar-refractivity contribution in [1.29, 1.82) is 0 Å². The zero-order chi connectivity index (χ0) is 26.9. The molecule has 1 aliphatic heterocycles. The first kappa shape index (κ1) is 24.5. The van der Waals surface area contributed by atoms with Crippen LogP contribution in [0.15, 0.2) is 75.3 Å². The largest absolute Gasteiger partial charge is 0.488 e. The number of carbonyl (C=O) groups is 4. The molecule has 3 aliphatic carbocycles. The van der Waals surface area contributed by atoms with Gasteiger partial charge in [-0.3, -0.25) is 24.1 Å². The van der Waals surface area contributed by atoms with Crippen LogP contribution in [0.2, 0.25) is 0 Å². The first-order valence-electron chi connectivity index (χ1n) is 12.4. The van der Waals surface area contributed by atoms with Gasteiger partial charge in [-0.05, 0) is 61.5 Å². The number of ketones is 2. The summed E-state index contributed by atoms with van der Waals surface area (Å²) in [6.07, 6.45) is 3.61. The van der Waals surface area contributed by atoms with E-state index in [-0.39, 0.29) is 42.2 Å². The molecule has 4 unspecified atom stereocenters. The SMILES string of the molecule is CC1=CC(=O)C2=C(C1=O)C(c1ccc(CO)o1)C1=CCC3C(=O)N(c4cccc(B(O)O)c4)C(=O)C3C1C2. The molecule has 9 nitrogen and oxygen atoms in total. The van der Waals surface area contributed by atoms with Crippen LogP contribution in [-0.4, -0.2) is 45.7 Å². The number of nitrogens with zero attached hydrogens (tertiary/aromatic N) is 1. The Hall–Kier alpha value is -3.86. The maximum Gasteiger partial charge on any atom is 0.488 e. The van der Waals surface area contributed by atoms with Crippen LogP contribution in [0.25, 0.3) is 0 Å². The number of anilines is 1. The average Bonchev–Trinajstić information content (AvgIpc) is 3.48. The molecular formula is C28H24BNO8. The number of aliphatic hydroxyl groups excluding tert-OH is 1. The lowest BCUT2D eigenvalue weighted by Crippen LogP contribution is -2.40. The number of rotatable bonds is 4. The summed E-state index contributed by atoms with van der Waals surface area (Å²) in [5, 5.41) is 28.7. The van der Waals surface area contributed by atoms with Crippen molar-refractivity contribution < 1.29 is 38.7 Å². The smallest absolute Gasteiger partial charge is 0.463 e. The highest BCUT2D eigenvalue weighted by Gasteiger charge is 2.57. The summed E-state index contributed by atoms with van der Waals surface area (Å²) in [6, 6.07) is 9.26. The van der Waals surface area contributed by atoms with Gasteiger partial charge in [0.15, 0.2) is 11.6 Å². The molecule has 3 N–H and O–H groups in total. The maximum absolute atomic E-state index is 13.9. The summed E-state index contributed by atoms with van der Waals surface area (Å²) in [4.78, 5) is 54.9. The summed E-state index contributed by atoms with van der Waals surface area (Å²) >= 11 is 0. The van der Waals surface area contributed by atoms with Crippen LogP contribution in [0.3, 0.4) is 0 Å². The Kier molecular flexibility index (Phi) is 5.71. The lowest BCUT2D eigenvalue weighted by molar-refractivity contribution is -0.123. The fourth-order valence-electron chi connectivity index (χ4n) is 6.40. The molecule has 1 aromatic carbocycles. The van der Waals surface area contributed by atoms with Gasteiger partial charge < -0.3 is 19.6 Å². The van der Waals surface area contributed by atoms with Gasteiger partial charge >= 0.3 is 7.12 Å². The Morgan fingerprint density at radius 2 is 1.84 bits per heavy atom. The second-order valence-corrected chi connectivity index (χ2v) is 10.2. The topological polar surface area (TPSA) is 145 Å². The van der Waals surface area contributed by atoms with E-state index >= 15 is 0 Å². The van der Waals surface area contributed by atoms with Crippen molar-refractivity contribution in [3.63, 3.8) is 0 Å². The molecule has 2 heterocycles. The third-order valence-electron chi connectivity index (χ3n) is 8.11. The lowest BCUT2D eigenvalue weighted by atomic mass is 9.60. The van der Waals surface area contributed by atoms with Gasteiger partial charge in [-0.2, -0.15) is 0 Å². The zero-order valence-electron chi connectivity index (χ0n) is 20.5. The van der Waals surface area contributed by atoms with Gasteiger partial charge in [-0.15, -0.1) is 0 Å². The first-order chi connectivity index (χ1) is 18.2. The molecule has 192 valence electrons. The van der Waals surface area contributed by atoms with E-state index in [0.29, 0.717) is 28.2 Å². The number of aliphatic hydroxyl groups is 1. The molecule has 38 heavy (non-hydrogen) atoms. The van der Waals surface area contributed by atoms with Gasteiger partial charge in [0, 0.05) is 16.7 Å². The Bertz CT molecular complexity index is 1510. The summed E-state index contributed by atoms with van der Waals surface area (Å²) in [5.74, 6) is -3.32. The predicted octanol–water partition coefficient (Wildman–Crippen LogP) is 1.09. The molecule has 2 amide bonds. The number of amides is 2. The minimum Gasteiger partial charge on any atom is -0.463 e.